The van der Waals surface area contributed by atoms with Crippen molar-refractivity contribution in [3.8, 4) is 0 Å². The quantitative estimate of drug-likeness (QED) is 0.307. The predicted octanol–water partition coefficient (Wildman–Crippen LogP) is -0.193. The van der Waals surface area contributed by atoms with Gasteiger partial charge in [-0.25, -0.2) is 0 Å². The van der Waals surface area contributed by atoms with Gasteiger partial charge in [0.05, 0.1) is 0 Å². The van der Waals surface area contributed by atoms with E-state index in [4.69, 9.17) is 0 Å². The number of nitro groups is 1. The molecule has 0 saturated heterocycles. The summed E-state index contributed by atoms with van der Waals surface area (Å²) in [5.74, 6) is 0.215. The Hall–Kier alpha value is 0.490. The van der Waals surface area contributed by atoms with Crippen LogP contribution in [0.1, 0.15) is 0 Å². The second-order valence-electron chi connectivity index (χ2n) is 0.760. The molecule has 0 bridgehead atoms. The largest absolute Gasteiger partial charge is 1.00 e. The monoisotopic (exact) mass is 303 g/mol. The number of rotatable bonds is 2. The summed E-state index contributed by atoms with van der Waals surface area (Å²) >= 11 is 4.29. The Balaban J connectivity index is 0. The molecule has 0 aromatic carbocycles. The Morgan fingerprint density at radius 3 is 2.14 bits per heavy atom. The Labute approximate surface area is 62.5 Å². The van der Waals surface area contributed by atoms with Gasteiger partial charge in [0, 0.05) is 4.92 Å². The Morgan fingerprint density at radius 1 is 1.71 bits per heavy atom. The van der Waals surface area contributed by atoms with E-state index in [2.05, 4.69) is 12.6 Å². The molecule has 0 aliphatic carbocycles. The van der Waals surface area contributed by atoms with E-state index in [-0.39, 0.29) is 34.7 Å². The van der Waals surface area contributed by atoms with E-state index in [0.29, 0.717) is 0 Å². The standard InChI is InChI=1S/C2H5NO2S.Au/c4-3(5)1-2-6;/h6H,1-2H2;/q;+1/p-1. The fourth-order valence-electron chi connectivity index (χ4n) is 0.0745. The maximum absolute atomic E-state index is 9.34. The van der Waals surface area contributed by atoms with Crippen molar-refractivity contribution < 1.29 is 27.3 Å². The van der Waals surface area contributed by atoms with Crippen molar-refractivity contribution in [2.45, 2.75) is 0 Å². The summed E-state index contributed by atoms with van der Waals surface area (Å²) in [7, 11) is 0. The van der Waals surface area contributed by atoms with Gasteiger partial charge in [-0.05, 0) is 0 Å². The Kier molecular flexibility index (Phi) is 9.71. The van der Waals surface area contributed by atoms with Crippen molar-refractivity contribution in [1.82, 2.24) is 0 Å². The third kappa shape index (κ3) is 10.7. The van der Waals surface area contributed by atoms with Crippen molar-refractivity contribution >= 4 is 12.6 Å². The zero-order valence-electron chi connectivity index (χ0n) is 3.39. The van der Waals surface area contributed by atoms with E-state index >= 15 is 0 Å². The topological polar surface area (TPSA) is 43.1 Å². The van der Waals surface area contributed by atoms with Crippen LogP contribution in [0, 0.1) is 10.1 Å². The van der Waals surface area contributed by atoms with Gasteiger partial charge in [0.15, 0.2) is 6.54 Å². The third-order valence-corrected chi connectivity index (χ3v) is 0.456. The van der Waals surface area contributed by atoms with Crippen molar-refractivity contribution in [2.75, 3.05) is 12.3 Å². The molecule has 0 N–H and O–H groups in total. The second-order valence-corrected chi connectivity index (χ2v) is 1.17. The molecule has 0 unspecified atom stereocenters. The first-order valence-corrected chi connectivity index (χ1v) is 2.05. The minimum absolute atomic E-state index is 0. The molecule has 0 fully saturated rings. The van der Waals surface area contributed by atoms with Crippen LogP contribution >= 0.6 is 0 Å². The molecule has 0 saturated carbocycles. The van der Waals surface area contributed by atoms with Gasteiger partial charge in [-0.3, -0.25) is 10.1 Å². The van der Waals surface area contributed by atoms with E-state index in [1.54, 1.807) is 0 Å². The van der Waals surface area contributed by atoms with Crippen LogP contribution in [0.15, 0.2) is 0 Å². The maximum atomic E-state index is 9.34. The summed E-state index contributed by atoms with van der Waals surface area (Å²) in [6, 6.07) is 0. The second kappa shape index (κ2) is 6.49. The normalized spacial score (nSPS) is 7.00. The summed E-state index contributed by atoms with van der Waals surface area (Å²) in [5, 5.41) is 9.34. The van der Waals surface area contributed by atoms with Gasteiger partial charge in [-0.15, -0.1) is 5.75 Å². The first-order valence-electron chi connectivity index (χ1n) is 1.47. The molecule has 0 aromatic rings. The van der Waals surface area contributed by atoms with Gasteiger partial charge < -0.3 is 12.6 Å². The number of hydrogen-bond acceptors (Lipinski definition) is 3. The Bertz CT molecular complexity index is 59.7. The molecular formula is C2H4AuNO2S. The summed E-state index contributed by atoms with van der Waals surface area (Å²) in [6.45, 7) is -0.0880. The van der Waals surface area contributed by atoms with E-state index in [1.807, 2.05) is 0 Å². The number of hydrogen-bond donors (Lipinski definition) is 0. The van der Waals surface area contributed by atoms with Crippen LogP contribution in [0.3, 0.4) is 0 Å². The van der Waals surface area contributed by atoms with Crippen molar-refractivity contribution in [3.05, 3.63) is 10.1 Å². The van der Waals surface area contributed by atoms with E-state index in [0.717, 1.165) is 0 Å². The molecule has 0 rings (SSSR count). The summed E-state index contributed by atoms with van der Waals surface area (Å²) in [6.07, 6.45) is 0. The van der Waals surface area contributed by atoms with Gasteiger partial charge in [-0.1, -0.05) is 0 Å². The average Bonchev–Trinajstić information content (AvgIpc) is 1.35. The van der Waals surface area contributed by atoms with Gasteiger partial charge in [0.1, 0.15) is 0 Å². The van der Waals surface area contributed by atoms with Gasteiger partial charge in [-0.2, -0.15) is 0 Å². The molecule has 0 atom stereocenters. The minimum Gasteiger partial charge on any atom is -0.786 e. The van der Waals surface area contributed by atoms with Crippen LogP contribution < -0.4 is 0 Å². The zero-order chi connectivity index (χ0) is 4.99. The molecule has 0 aliphatic heterocycles. The molecule has 46 valence electrons. The van der Waals surface area contributed by atoms with E-state index in [9.17, 15) is 10.1 Å². The molecule has 0 amide bonds. The maximum Gasteiger partial charge on any atom is 1.00 e. The predicted molar refractivity (Wildman–Crippen MR) is 24.1 cm³/mol. The molecule has 0 radical (unpaired) electrons. The molecule has 7 heavy (non-hydrogen) atoms. The minimum atomic E-state index is -0.424. The van der Waals surface area contributed by atoms with Gasteiger partial charge in [0.25, 0.3) is 0 Å². The van der Waals surface area contributed by atoms with Crippen molar-refractivity contribution in [1.29, 1.82) is 0 Å². The summed E-state index contributed by atoms with van der Waals surface area (Å²) in [4.78, 5) is 8.91. The van der Waals surface area contributed by atoms with Crippen molar-refractivity contribution in [2.24, 2.45) is 0 Å². The fourth-order valence-corrected chi connectivity index (χ4v) is 0.224. The van der Waals surface area contributed by atoms with Crippen LogP contribution in [0.2, 0.25) is 0 Å². The smallest absolute Gasteiger partial charge is 0.786 e. The molecule has 5 heteroatoms. The van der Waals surface area contributed by atoms with Crippen LogP contribution in [0.5, 0.6) is 0 Å². The van der Waals surface area contributed by atoms with E-state index in [1.165, 1.54) is 0 Å². The molecule has 0 heterocycles. The van der Waals surface area contributed by atoms with Gasteiger partial charge >= 0.3 is 22.4 Å². The van der Waals surface area contributed by atoms with Crippen LogP contribution in [-0.2, 0) is 35.0 Å². The SMILES string of the molecule is O=[N+]([O-])CC[S-].[Au+]. The van der Waals surface area contributed by atoms with E-state index < -0.39 is 4.92 Å². The van der Waals surface area contributed by atoms with Crippen LogP contribution in [-0.4, -0.2) is 17.2 Å². The molecule has 3 nitrogen and oxygen atoms in total. The molecule has 0 aliphatic rings. The average molecular weight is 303 g/mol. The first-order chi connectivity index (χ1) is 2.77. The molecule has 0 aromatic heterocycles. The van der Waals surface area contributed by atoms with Gasteiger partial charge in [0.2, 0.25) is 0 Å². The van der Waals surface area contributed by atoms with Crippen molar-refractivity contribution in [3.63, 3.8) is 0 Å². The molecule has 0 spiro atoms. The van der Waals surface area contributed by atoms with Crippen LogP contribution in [0.25, 0.3) is 0 Å². The fraction of sp³-hybridized carbons (Fsp3) is 1.00. The number of nitrogens with zero attached hydrogens (tertiary/aromatic N) is 1. The Morgan fingerprint density at radius 2 is 2.14 bits per heavy atom. The summed E-state index contributed by atoms with van der Waals surface area (Å²) in [5.41, 5.74) is 0. The van der Waals surface area contributed by atoms with Crippen LogP contribution in [0.4, 0.5) is 0 Å². The third-order valence-electron chi connectivity index (χ3n) is 0.274. The summed E-state index contributed by atoms with van der Waals surface area (Å²) < 4.78 is 0. The zero-order valence-corrected chi connectivity index (χ0v) is 6.37. The first kappa shape index (κ1) is 10.5. The molecular weight excluding hydrogens is 299 g/mol.